The molecule has 118 valence electrons. The summed E-state index contributed by atoms with van der Waals surface area (Å²) < 4.78 is 38.7. The third kappa shape index (κ3) is 3.59. The van der Waals surface area contributed by atoms with Crippen molar-refractivity contribution < 1.29 is 18.3 Å². The van der Waals surface area contributed by atoms with Crippen LogP contribution in [0.1, 0.15) is 25.3 Å². The molecule has 1 unspecified atom stereocenters. The van der Waals surface area contributed by atoms with Gasteiger partial charge in [0.2, 0.25) is 0 Å². The van der Waals surface area contributed by atoms with E-state index < -0.39 is 11.6 Å². The van der Waals surface area contributed by atoms with Crippen molar-refractivity contribution in [3.8, 4) is 0 Å². The van der Waals surface area contributed by atoms with Gasteiger partial charge in [-0.1, -0.05) is 12.1 Å². The lowest BCUT2D eigenvalue weighted by Crippen LogP contribution is -2.55. The molecule has 1 atom stereocenters. The monoisotopic (exact) mass is 299 g/mol. The fourth-order valence-corrected chi connectivity index (χ4v) is 3.07. The number of benzene rings is 1. The van der Waals surface area contributed by atoms with E-state index in [0.717, 1.165) is 18.9 Å². The van der Waals surface area contributed by atoms with Crippen molar-refractivity contribution in [1.29, 1.82) is 0 Å². The average molecular weight is 299 g/mol. The first-order valence-corrected chi connectivity index (χ1v) is 7.45. The molecule has 0 aliphatic carbocycles. The first-order chi connectivity index (χ1) is 10.1. The van der Waals surface area contributed by atoms with Gasteiger partial charge in [-0.15, -0.1) is 0 Å². The maximum atomic E-state index is 13.9. The summed E-state index contributed by atoms with van der Waals surface area (Å²) in [5, 5.41) is 3.22. The quantitative estimate of drug-likeness (QED) is 0.876. The fraction of sp³-hybridized carbons (Fsp3) is 0.625. The van der Waals surface area contributed by atoms with Crippen LogP contribution in [0.3, 0.4) is 0 Å². The number of likely N-dealkylation sites (N-methyl/N-ethyl adjacent to an activating group) is 1. The smallest absolute Gasteiger partial charge is 0.162 e. The Hall–Kier alpha value is -1.04. The summed E-state index contributed by atoms with van der Waals surface area (Å²) in [7, 11) is 1.83. The first-order valence-electron chi connectivity index (χ1n) is 7.45. The molecule has 21 heavy (non-hydrogen) atoms. The molecule has 1 N–H and O–H groups in total. The highest BCUT2D eigenvalue weighted by atomic mass is 19.2. The van der Waals surface area contributed by atoms with Crippen molar-refractivity contribution in [2.75, 3.05) is 26.9 Å². The lowest BCUT2D eigenvalue weighted by molar-refractivity contribution is -0.125. The number of rotatable bonds is 6. The van der Waals surface area contributed by atoms with Gasteiger partial charge >= 0.3 is 0 Å². The zero-order valence-corrected chi connectivity index (χ0v) is 12.6. The molecule has 0 spiro atoms. The molecule has 0 bridgehead atoms. The molecule has 0 aromatic heterocycles. The maximum absolute atomic E-state index is 13.9. The largest absolute Gasteiger partial charge is 0.381 e. The van der Waals surface area contributed by atoms with Crippen LogP contribution in [-0.4, -0.2) is 38.5 Å². The molecule has 3 nitrogen and oxygen atoms in total. The Morgan fingerprint density at radius 2 is 2.05 bits per heavy atom. The van der Waals surface area contributed by atoms with Gasteiger partial charge in [0.15, 0.2) is 11.6 Å². The van der Waals surface area contributed by atoms with Crippen LogP contribution < -0.4 is 5.32 Å². The van der Waals surface area contributed by atoms with E-state index >= 15 is 0 Å². The number of halogens is 2. The lowest BCUT2D eigenvalue weighted by Gasteiger charge is -2.43. The molecule has 2 rings (SSSR count). The van der Waals surface area contributed by atoms with Crippen molar-refractivity contribution in [3.05, 3.63) is 35.4 Å². The number of nitrogens with one attached hydrogen (secondary N) is 1. The second kappa shape index (κ2) is 7.29. The predicted octanol–water partition coefficient (Wildman–Crippen LogP) is 2.68. The van der Waals surface area contributed by atoms with E-state index in [-0.39, 0.29) is 11.6 Å². The third-order valence-electron chi connectivity index (χ3n) is 4.21. The Morgan fingerprint density at radius 3 is 2.67 bits per heavy atom. The van der Waals surface area contributed by atoms with Gasteiger partial charge in [0, 0.05) is 38.7 Å². The Morgan fingerprint density at radius 1 is 1.33 bits per heavy atom. The summed E-state index contributed by atoms with van der Waals surface area (Å²) in [4.78, 5) is 0. The molecule has 1 saturated heterocycles. The maximum Gasteiger partial charge on any atom is 0.162 e. The normalized spacial score (nSPS) is 19.4. The molecule has 1 fully saturated rings. The van der Waals surface area contributed by atoms with Crippen LogP contribution in [0.2, 0.25) is 0 Å². The zero-order chi connectivity index (χ0) is 15.3. The molecular formula is C16H23F2NO2. The van der Waals surface area contributed by atoms with Crippen LogP contribution in [0.5, 0.6) is 0 Å². The van der Waals surface area contributed by atoms with Crippen molar-refractivity contribution >= 4 is 0 Å². The molecule has 0 radical (unpaired) electrons. The van der Waals surface area contributed by atoms with Crippen LogP contribution in [0.25, 0.3) is 0 Å². The van der Waals surface area contributed by atoms with E-state index in [0.29, 0.717) is 31.8 Å². The van der Waals surface area contributed by atoms with Gasteiger partial charge in [0.1, 0.15) is 0 Å². The molecule has 0 saturated carbocycles. The molecule has 1 aliphatic heterocycles. The van der Waals surface area contributed by atoms with Crippen LogP contribution >= 0.6 is 0 Å². The van der Waals surface area contributed by atoms with E-state index in [2.05, 4.69) is 5.32 Å². The SMILES string of the molecule is CCOC1(C(Cc2cccc(F)c2F)NC)CCOCC1. The molecule has 5 heteroatoms. The fourth-order valence-electron chi connectivity index (χ4n) is 3.07. The number of hydrogen-bond acceptors (Lipinski definition) is 3. The van der Waals surface area contributed by atoms with E-state index in [9.17, 15) is 8.78 Å². The zero-order valence-electron chi connectivity index (χ0n) is 12.6. The van der Waals surface area contributed by atoms with Gasteiger partial charge in [-0.05, 0) is 32.0 Å². The summed E-state index contributed by atoms with van der Waals surface area (Å²) in [6.45, 7) is 3.80. The topological polar surface area (TPSA) is 30.5 Å². The van der Waals surface area contributed by atoms with E-state index in [1.165, 1.54) is 6.07 Å². The Kier molecular flexibility index (Phi) is 5.67. The Balaban J connectivity index is 2.22. The van der Waals surface area contributed by atoms with Gasteiger partial charge in [0.05, 0.1) is 5.60 Å². The lowest BCUT2D eigenvalue weighted by atomic mass is 9.82. The average Bonchev–Trinajstić information content (AvgIpc) is 2.50. The molecular weight excluding hydrogens is 276 g/mol. The molecule has 1 aromatic carbocycles. The summed E-state index contributed by atoms with van der Waals surface area (Å²) in [6.07, 6.45) is 1.90. The molecule has 0 amide bonds. The Labute approximate surface area is 124 Å². The van der Waals surface area contributed by atoms with E-state index in [4.69, 9.17) is 9.47 Å². The van der Waals surface area contributed by atoms with Crippen LogP contribution in [-0.2, 0) is 15.9 Å². The molecule has 1 heterocycles. The van der Waals surface area contributed by atoms with Crippen molar-refractivity contribution in [1.82, 2.24) is 5.32 Å². The van der Waals surface area contributed by atoms with Crippen molar-refractivity contribution in [2.24, 2.45) is 0 Å². The van der Waals surface area contributed by atoms with Gasteiger partial charge in [0.25, 0.3) is 0 Å². The van der Waals surface area contributed by atoms with Crippen LogP contribution in [0.15, 0.2) is 18.2 Å². The Bertz CT molecular complexity index is 456. The summed E-state index contributed by atoms with van der Waals surface area (Å²) >= 11 is 0. The minimum Gasteiger partial charge on any atom is -0.381 e. The summed E-state index contributed by atoms with van der Waals surface area (Å²) in [6, 6.07) is 4.22. The van der Waals surface area contributed by atoms with Crippen LogP contribution in [0.4, 0.5) is 8.78 Å². The van der Waals surface area contributed by atoms with Gasteiger partial charge in [-0.3, -0.25) is 0 Å². The van der Waals surface area contributed by atoms with Gasteiger partial charge in [-0.25, -0.2) is 8.78 Å². The standard InChI is InChI=1S/C16H23F2NO2/c1-3-21-16(7-9-20-10-8-16)14(19-2)11-12-5-4-6-13(17)15(12)18/h4-6,14,19H,3,7-11H2,1-2H3. The third-order valence-corrected chi connectivity index (χ3v) is 4.21. The summed E-state index contributed by atoms with van der Waals surface area (Å²) in [5.74, 6) is -1.57. The van der Waals surface area contributed by atoms with Gasteiger partial charge < -0.3 is 14.8 Å². The minimum absolute atomic E-state index is 0.0855. The first kappa shape index (κ1) is 16.3. The number of hydrogen-bond donors (Lipinski definition) is 1. The van der Waals surface area contributed by atoms with E-state index in [1.807, 2.05) is 14.0 Å². The minimum atomic E-state index is -0.806. The summed E-state index contributed by atoms with van der Waals surface area (Å²) in [5.41, 5.74) is -0.0135. The predicted molar refractivity (Wildman–Crippen MR) is 77.3 cm³/mol. The molecule has 1 aromatic rings. The van der Waals surface area contributed by atoms with Crippen molar-refractivity contribution in [3.63, 3.8) is 0 Å². The van der Waals surface area contributed by atoms with Crippen molar-refractivity contribution in [2.45, 2.75) is 37.8 Å². The highest BCUT2D eigenvalue weighted by Crippen LogP contribution is 2.31. The molecule has 1 aliphatic rings. The second-order valence-electron chi connectivity index (χ2n) is 5.37. The highest BCUT2D eigenvalue weighted by Gasteiger charge is 2.40. The van der Waals surface area contributed by atoms with Crippen LogP contribution in [0, 0.1) is 11.6 Å². The number of ether oxygens (including phenoxy) is 2. The van der Waals surface area contributed by atoms with E-state index in [1.54, 1.807) is 6.07 Å². The van der Waals surface area contributed by atoms with Gasteiger partial charge in [-0.2, -0.15) is 0 Å². The second-order valence-corrected chi connectivity index (χ2v) is 5.37. The highest BCUT2D eigenvalue weighted by molar-refractivity contribution is 5.21.